The number of nitrogen functional groups attached to an aromatic ring is 1. The molecular weight excluding hydrogens is 266 g/mol. The van der Waals surface area contributed by atoms with Crippen molar-refractivity contribution >= 4 is 5.82 Å². The minimum absolute atomic E-state index is 0.301. The van der Waals surface area contributed by atoms with Gasteiger partial charge < -0.3 is 30.8 Å². The van der Waals surface area contributed by atoms with Crippen LogP contribution in [0.4, 0.5) is 5.82 Å². The molecule has 0 aromatic carbocycles. The fourth-order valence-corrected chi connectivity index (χ4v) is 2.32. The Morgan fingerprint density at radius 2 is 2.15 bits per heavy atom. The molecule has 1 aliphatic rings. The molecule has 1 aliphatic heterocycles. The fraction of sp³-hybridized carbons (Fsp3) is 0.455. The first kappa shape index (κ1) is 13.1. The first-order valence-corrected chi connectivity index (χ1v) is 6.13. The predicted molar refractivity (Wildman–Crippen MR) is 66.0 cm³/mol. The van der Waals surface area contributed by atoms with Crippen LogP contribution in [-0.4, -0.2) is 55.2 Å². The Hall–Kier alpha value is -1.94. The highest BCUT2D eigenvalue weighted by molar-refractivity contribution is 5.60. The number of hydrogen-bond acceptors (Lipinski definition) is 6. The van der Waals surface area contributed by atoms with Crippen LogP contribution < -0.4 is 10.3 Å². The third kappa shape index (κ3) is 1.88. The molecule has 2 aromatic heterocycles. The van der Waals surface area contributed by atoms with E-state index in [-0.39, 0.29) is 6.61 Å². The largest absolute Gasteiger partial charge is 0.394 e. The van der Waals surface area contributed by atoms with Crippen molar-refractivity contribution in [3.05, 3.63) is 18.7 Å². The molecule has 20 heavy (non-hydrogen) atoms. The second kappa shape index (κ2) is 4.87. The van der Waals surface area contributed by atoms with Gasteiger partial charge in [0.2, 0.25) is 11.9 Å². The number of imidazole rings is 2. The summed E-state index contributed by atoms with van der Waals surface area (Å²) >= 11 is 0. The fourth-order valence-electron chi connectivity index (χ4n) is 2.32. The maximum Gasteiger partial charge on any atom is 0.264 e. The van der Waals surface area contributed by atoms with E-state index in [1.807, 2.05) is 0 Å². The minimum Gasteiger partial charge on any atom is -0.394 e. The Balaban J connectivity index is 1.92. The molecule has 0 bridgehead atoms. The average molecular weight is 282 g/mol. The van der Waals surface area contributed by atoms with Crippen LogP contribution in [0.2, 0.25) is 0 Å². The van der Waals surface area contributed by atoms with Gasteiger partial charge in [0.25, 0.3) is 5.82 Å². The molecule has 9 heteroatoms. The Bertz CT molecular complexity index is 584. The number of hydrogen-bond donors (Lipinski definition) is 6. The van der Waals surface area contributed by atoms with Crippen molar-refractivity contribution in [2.75, 3.05) is 12.3 Å². The number of nitrogens with zero attached hydrogens (tertiary/aromatic N) is 2. The van der Waals surface area contributed by atoms with E-state index in [0.29, 0.717) is 17.3 Å². The molecule has 1 saturated heterocycles. The molecule has 3 rings (SSSR count). The molecule has 1 fully saturated rings. The van der Waals surface area contributed by atoms with E-state index in [0.717, 1.165) is 0 Å². The zero-order chi connectivity index (χ0) is 14.3. The summed E-state index contributed by atoms with van der Waals surface area (Å²) in [5.74, 6) is 0.850. The van der Waals surface area contributed by atoms with Crippen molar-refractivity contribution in [1.29, 1.82) is 0 Å². The van der Waals surface area contributed by atoms with Gasteiger partial charge in [0.1, 0.15) is 18.3 Å². The maximum absolute atomic E-state index is 9.98. The summed E-state index contributed by atoms with van der Waals surface area (Å²) in [4.78, 5) is 9.92. The molecule has 0 aliphatic carbocycles. The van der Waals surface area contributed by atoms with Gasteiger partial charge in [0, 0.05) is 12.4 Å². The number of rotatable bonds is 3. The van der Waals surface area contributed by atoms with Crippen LogP contribution in [0.25, 0.3) is 11.5 Å². The highest BCUT2D eigenvalue weighted by Gasteiger charge is 2.46. The van der Waals surface area contributed by atoms with E-state index in [4.69, 9.17) is 15.6 Å². The van der Waals surface area contributed by atoms with Gasteiger partial charge in [-0.25, -0.2) is 9.55 Å². The predicted octanol–water partition coefficient (Wildman–Crippen LogP) is -2.11. The lowest BCUT2D eigenvalue weighted by Gasteiger charge is -2.12. The number of aliphatic hydroxyl groups excluding tert-OH is 3. The van der Waals surface area contributed by atoms with Crippen LogP contribution >= 0.6 is 0 Å². The monoisotopic (exact) mass is 282 g/mol. The van der Waals surface area contributed by atoms with Gasteiger partial charge in [-0.2, -0.15) is 0 Å². The van der Waals surface area contributed by atoms with Crippen LogP contribution in [0.3, 0.4) is 0 Å². The highest BCUT2D eigenvalue weighted by Crippen LogP contribution is 2.27. The Morgan fingerprint density at radius 1 is 1.35 bits per heavy atom. The zero-order valence-corrected chi connectivity index (χ0v) is 10.5. The van der Waals surface area contributed by atoms with Crippen molar-refractivity contribution in [2.24, 2.45) is 0 Å². The normalized spacial score (nSPS) is 29.9. The third-order valence-corrected chi connectivity index (χ3v) is 3.41. The standard InChI is InChI=1S/C11H15N5O4/c12-9-6(10-13-1-2-14-10)15-4-16(9)11-8(19)7(18)5(3-17)20-11/h1-2,4-5,7-8,11,17-19H,3H2,(H3,12,13,14)/p+1. The zero-order valence-electron chi connectivity index (χ0n) is 10.5. The molecule has 3 heterocycles. The van der Waals surface area contributed by atoms with Crippen molar-refractivity contribution in [3.63, 3.8) is 0 Å². The molecule has 108 valence electrons. The van der Waals surface area contributed by atoms with Crippen molar-refractivity contribution < 1.29 is 24.6 Å². The number of nitrogens with two attached hydrogens (primary N) is 1. The highest BCUT2D eigenvalue weighted by atomic mass is 16.6. The lowest BCUT2D eigenvalue weighted by molar-refractivity contribution is -0.752. The Kier molecular flexibility index (Phi) is 3.18. The molecule has 0 radical (unpaired) electrons. The smallest absolute Gasteiger partial charge is 0.264 e. The van der Waals surface area contributed by atoms with E-state index in [1.165, 1.54) is 10.9 Å². The molecule has 9 nitrogen and oxygen atoms in total. The summed E-state index contributed by atoms with van der Waals surface area (Å²) < 4.78 is 6.87. The van der Waals surface area contributed by atoms with E-state index in [1.54, 1.807) is 12.4 Å². The second-order valence-electron chi connectivity index (χ2n) is 4.61. The molecule has 0 saturated carbocycles. The summed E-state index contributed by atoms with van der Waals surface area (Å²) in [6, 6.07) is 0. The van der Waals surface area contributed by atoms with Gasteiger partial charge in [0.05, 0.1) is 6.61 Å². The summed E-state index contributed by atoms with van der Waals surface area (Å²) in [6.07, 6.45) is 0.705. The van der Waals surface area contributed by atoms with Crippen LogP contribution in [0.15, 0.2) is 18.7 Å². The number of ether oxygens (including phenoxy) is 1. The van der Waals surface area contributed by atoms with Crippen molar-refractivity contribution in [3.8, 4) is 11.5 Å². The molecule has 4 unspecified atom stereocenters. The Morgan fingerprint density at radius 3 is 2.75 bits per heavy atom. The summed E-state index contributed by atoms with van der Waals surface area (Å²) in [6.45, 7) is -0.384. The van der Waals surface area contributed by atoms with Crippen LogP contribution in [0, 0.1) is 0 Å². The molecule has 7 N–H and O–H groups in total. The third-order valence-electron chi connectivity index (χ3n) is 3.41. The molecule has 0 amide bonds. The second-order valence-corrected chi connectivity index (χ2v) is 4.61. The first-order chi connectivity index (χ1) is 9.63. The molecule has 0 spiro atoms. The number of H-pyrrole nitrogens is 2. The van der Waals surface area contributed by atoms with Crippen LogP contribution in [-0.2, 0) is 4.74 Å². The summed E-state index contributed by atoms with van der Waals surface area (Å²) in [7, 11) is 0. The van der Waals surface area contributed by atoms with Crippen LogP contribution in [0.5, 0.6) is 0 Å². The van der Waals surface area contributed by atoms with Gasteiger partial charge in [-0.3, -0.25) is 4.98 Å². The number of aromatic nitrogens is 4. The van der Waals surface area contributed by atoms with Gasteiger partial charge in [-0.15, -0.1) is 0 Å². The van der Waals surface area contributed by atoms with E-state index in [9.17, 15) is 10.2 Å². The molecule has 2 aromatic rings. The molecular formula is C11H16N5O4+. The lowest BCUT2D eigenvalue weighted by atomic mass is 10.1. The lowest BCUT2D eigenvalue weighted by Crippen LogP contribution is -2.46. The minimum atomic E-state index is -1.18. The summed E-state index contributed by atoms with van der Waals surface area (Å²) in [5, 5.41) is 28.8. The quantitative estimate of drug-likeness (QED) is 0.355. The van der Waals surface area contributed by atoms with Gasteiger partial charge in [0.15, 0.2) is 12.2 Å². The topological polar surface area (TPSA) is 144 Å². The number of anilines is 1. The number of nitrogens with one attached hydrogen (secondary N) is 2. The van der Waals surface area contributed by atoms with Gasteiger partial charge >= 0.3 is 0 Å². The van der Waals surface area contributed by atoms with E-state index >= 15 is 0 Å². The summed E-state index contributed by atoms with van der Waals surface area (Å²) in [5.41, 5.74) is 6.55. The SMILES string of the molecule is Nc1c(-c2ncc[nH]2)[nH]c[n+]1C1OC(CO)C(O)C1O. The first-order valence-electron chi connectivity index (χ1n) is 6.13. The maximum atomic E-state index is 9.98. The van der Waals surface area contributed by atoms with Crippen molar-refractivity contribution in [1.82, 2.24) is 15.0 Å². The van der Waals surface area contributed by atoms with Gasteiger partial charge in [-0.1, -0.05) is 0 Å². The van der Waals surface area contributed by atoms with E-state index in [2.05, 4.69) is 15.0 Å². The number of aliphatic hydroxyl groups is 3. The Labute approximate surface area is 113 Å². The number of aromatic amines is 2. The van der Waals surface area contributed by atoms with Crippen LogP contribution in [0.1, 0.15) is 6.23 Å². The van der Waals surface area contributed by atoms with E-state index < -0.39 is 24.5 Å². The average Bonchev–Trinajstić information content (AvgIpc) is 3.13. The molecule has 4 atom stereocenters. The van der Waals surface area contributed by atoms with Gasteiger partial charge in [-0.05, 0) is 0 Å². The van der Waals surface area contributed by atoms with Crippen molar-refractivity contribution in [2.45, 2.75) is 24.5 Å².